The largest absolute Gasteiger partial charge is 0.451 e. The van der Waals surface area contributed by atoms with Crippen LogP contribution in [0.15, 0.2) is 76.1 Å². The molecule has 152 valence electrons. The highest BCUT2D eigenvalue weighted by Crippen LogP contribution is 2.27. The predicted octanol–water partition coefficient (Wildman–Crippen LogP) is 4.69. The third-order valence-electron chi connectivity index (χ3n) is 4.73. The van der Waals surface area contributed by atoms with Crippen molar-refractivity contribution in [2.45, 2.75) is 13.2 Å². The number of nitrogens with zero attached hydrogens (tertiary/aromatic N) is 1. The summed E-state index contributed by atoms with van der Waals surface area (Å²) in [5.41, 5.74) is 2.37. The second kappa shape index (κ2) is 8.57. The molecule has 0 unspecified atom stereocenters. The Morgan fingerprint density at radius 1 is 1.10 bits per heavy atom. The molecule has 0 saturated carbocycles. The quantitative estimate of drug-likeness (QED) is 0.489. The standard InChI is InChI=1S/C23H19ClN2O4/c1-29-14-18-17-7-3-5-9-20(17)30-22(18)23(28)25-16-10-11-21(27)26(13-16)12-15-6-2-4-8-19(15)24/h2-11,13H,12,14H2,1H3,(H,25,28). The summed E-state index contributed by atoms with van der Waals surface area (Å²) in [6, 6.07) is 17.7. The van der Waals surface area contributed by atoms with Gasteiger partial charge in [0.25, 0.3) is 11.5 Å². The second-order valence-electron chi connectivity index (χ2n) is 6.77. The fourth-order valence-electron chi connectivity index (χ4n) is 3.30. The maximum atomic E-state index is 12.9. The molecule has 4 aromatic rings. The number of rotatable bonds is 6. The third-order valence-corrected chi connectivity index (χ3v) is 5.10. The van der Waals surface area contributed by atoms with Gasteiger partial charge in [-0.25, -0.2) is 0 Å². The Bertz CT molecular complexity index is 1280. The normalized spacial score (nSPS) is 11.0. The number of methoxy groups -OCH3 is 1. The van der Waals surface area contributed by atoms with Gasteiger partial charge in [0.15, 0.2) is 5.76 Å². The smallest absolute Gasteiger partial charge is 0.291 e. The number of benzene rings is 2. The molecule has 0 aliphatic rings. The first-order valence-electron chi connectivity index (χ1n) is 9.31. The molecule has 2 aromatic heterocycles. The van der Waals surface area contributed by atoms with E-state index in [1.807, 2.05) is 36.4 Å². The minimum absolute atomic E-state index is 0.182. The molecule has 0 radical (unpaired) electrons. The highest BCUT2D eigenvalue weighted by atomic mass is 35.5. The Hall–Kier alpha value is -3.35. The first-order valence-corrected chi connectivity index (χ1v) is 9.69. The van der Waals surface area contributed by atoms with E-state index in [9.17, 15) is 9.59 Å². The summed E-state index contributed by atoms with van der Waals surface area (Å²) in [6.45, 7) is 0.535. The maximum absolute atomic E-state index is 12.9. The number of halogens is 1. The third kappa shape index (κ3) is 4.01. The van der Waals surface area contributed by atoms with Crippen molar-refractivity contribution in [2.24, 2.45) is 0 Å². The van der Waals surface area contributed by atoms with Crippen LogP contribution in [-0.4, -0.2) is 17.6 Å². The van der Waals surface area contributed by atoms with Gasteiger partial charge in [0.2, 0.25) is 0 Å². The number of para-hydroxylation sites is 1. The van der Waals surface area contributed by atoms with E-state index in [-0.39, 0.29) is 17.9 Å². The van der Waals surface area contributed by atoms with E-state index in [0.29, 0.717) is 28.4 Å². The van der Waals surface area contributed by atoms with Gasteiger partial charge in [0, 0.05) is 35.3 Å². The number of fused-ring (bicyclic) bond motifs is 1. The van der Waals surface area contributed by atoms with Gasteiger partial charge in [-0.05, 0) is 23.8 Å². The van der Waals surface area contributed by atoms with Crippen LogP contribution >= 0.6 is 11.6 Å². The summed E-state index contributed by atoms with van der Waals surface area (Å²) in [4.78, 5) is 25.2. The zero-order valence-electron chi connectivity index (χ0n) is 16.2. The zero-order chi connectivity index (χ0) is 21.1. The minimum Gasteiger partial charge on any atom is -0.451 e. The average molecular weight is 423 g/mol. The number of pyridine rings is 1. The summed E-state index contributed by atoms with van der Waals surface area (Å²) in [5, 5.41) is 4.21. The molecule has 1 N–H and O–H groups in total. The number of hydrogen-bond donors (Lipinski definition) is 1. The molecular weight excluding hydrogens is 404 g/mol. The summed E-state index contributed by atoms with van der Waals surface area (Å²) in [5.74, 6) is -0.233. The number of anilines is 1. The molecule has 0 bridgehead atoms. The summed E-state index contributed by atoms with van der Waals surface area (Å²) in [6.07, 6.45) is 1.59. The lowest BCUT2D eigenvalue weighted by molar-refractivity contribution is 0.0992. The van der Waals surface area contributed by atoms with E-state index in [0.717, 1.165) is 10.9 Å². The topological polar surface area (TPSA) is 73.5 Å². The van der Waals surface area contributed by atoms with Crippen molar-refractivity contribution in [2.75, 3.05) is 12.4 Å². The van der Waals surface area contributed by atoms with Crippen LogP contribution in [0, 0.1) is 0 Å². The maximum Gasteiger partial charge on any atom is 0.291 e. The molecule has 0 fully saturated rings. The van der Waals surface area contributed by atoms with Gasteiger partial charge < -0.3 is 19.0 Å². The number of hydrogen-bond acceptors (Lipinski definition) is 4. The SMILES string of the molecule is COCc1c(C(=O)Nc2ccc(=O)n(Cc3ccccc3Cl)c2)oc2ccccc12. The molecule has 7 heteroatoms. The van der Waals surface area contributed by atoms with Crippen LogP contribution in [0.25, 0.3) is 11.0 Å². The van der Waals surface area contributed by atoms with Crippen LogP contribution in [0.3, 0.4) is 0 Å². The lowest BCUT2D eigenvalue weighted by atomic mass is 10.1. The summed E-state index contributed by atoms with van der Waals surface area (Å²) in [7, 11) is 1.56. The number of ether oxygens (including phenoxy) is 1. The van der Waals surface area contributed by atoms with Crippen molar-refractivity contribution in [3.8, 4) is 0 Å². The number of carbonyl (C=O) groups excluding carboxylic acids is 1. The van der Waals surface area contributed by atoms with Crippen LogP contribution < -0.4 is 10.9 Å². The lowest BCUT2D eigenvalue weighted by Crippen LogP contribution is -2.21. The second-order valence-corrected chi connectivity index (χ2v) is 7.18. The monoisotopic (exact) mass is 422 g/mol. The van der Waals surface area contributed by atoms with Crippen LogP contribution in [0.4, 0.5) is 5.69 Å². The van der Waals surface area contributed by atoms with E-state index in [1.54, 1.807) is 31.5 Å². The molecular formula is C23H19ClN2O4. The summed E-state index contributed by atoms with van der Waals surface area (Å²) >= 11 is 6.21. The van der Waals surface area contributed by atoms with E-state index in [2.05, 4.69) is 5.32 Å². The van der Waals surface area contributed by atoms with Crippen LogP contribution in [0.1, 0.15) is 21.7 Å². The minimum atomic E-state index is -0.416. The number of furan rings is 1. The van der Waals surface area contributed by atoms with Crippen molar-refractivity contribution >= 4 is 34.2 Å². The van der Waals surface area contributed by atoms with Crippen molar-refractivity contribution in [3.05, 3.63) is 99.1 Å². The first-order chi connectivity index (χ1) is 14.6. The predicted molar refractivity (Wildman–Crippen MR) is 116 cm³/mol. The van der Waals surface area contributed by atoms with E-state index < -0.39 is 5.91 Å². The number of nitrogens with one attached hydrogen (secondary N) is 1. The molecule has 2 heterocycles. The molecule has 0 aliphatic heterocycles. The van der Waals surface area contributed by atoms with Gasteiger partial charge in [-0.3, -0.25) is 9.59 Å². The molecule has 0 aliphatic carbocycles. The molecule has 1 amide bonds. The molecule has 30 heavy (non-hydrogen) atoms. The highest BCUT2D eigenvalue weighted by Gasteiger charge is 2.20. The zero-order valence-corrected chi connectivity index (χ0v) is 17.0. The lowest BCUT2D eigenvalue weighted by Gasteiger charge is -2.10. The Morgan fingerprint density at radius 3 is 2.67 bits per heavy atom. The van der Waals surface area contributed by atoms with Gasteiger partial charge in [-0.1, -0.05) is 48.0 Å². The van der Waals surface area contributed by atoms with E-state index in [1.165, 1.54) is 10.6 Å². The number of carbonyl (C=O) groups is 1. The van der Waals surface area contributed by atoms with Gasteiger partial charge >= 0.3 is 0 Å². The van der Waals surface area contributed by atoms with Crippen molar-refractivity contribution < 1.29 is 13.9 Å². The van der Waals surface area contributed by atoms with Crippen LogP contribution in [-0.2, 0) is 17.9 Å². The van der Waals surface area contributed by atoms with Gasteiger partial charge in [-0.2, -0.15) is 0 Å². The Morgan fingerprint density at radius 2 is 1.87 bits per heavy atom. The van der Waals surface area contributed by atoms with Gasteiger partial charge in [0.05, 0.1) is 18.8 Å². The van der Waals surface area contributed by atoms with Crippen molar-refractivity contribution in [1.29, 1.82) is 0 Å². The van der Waals surface area contributed by atoms with Crippen LogP contribution in [0.5, 0.6) is 0 Å². The van der Waals surface area contributed by atoms with Crippen molar-refractivity contribution in [3.63, 3.8) is 0 Å². The highest BCUT2D eigenvalue weighted by molar-refractivity contribution is 6.31. The molecule has 2 aromatic carbocycles. The molecule has 0 saturated heterocycles. The van der Waals surface area contributed by atoms with Crippen LogP contribution in [0.2, 0.25) is 5.02 Å². The molecule has 6 nitrogen and oxygen atoms in total. The Labute approximate surface area is 177 Å². The summed E-state index contributed by atoms with van der Waals surface area (Å²) < 4.78 is 12.5. The first kappa shape index (κ1) is 19.9. The van der Waals surface area contributed by atoms with Crippen molar-refractivity contribution in [1.82, 2.24) is 4.57 Å². The molecule has 0 spiro atoms. The average Bonchev–Trinajstić information content (AvgIpc) is 3.11. The number of amides is 1. The van der Waals surface area contributed by atoms with Gasteiger partial charge in [0.1, 0.15) is 5.58 Å². The Balaban J connectivity index is 1.63. The fraction of sp³-hybridized carbons (Fsp3) is 0.130. The van der Waals surface area contributed by atoms with E-state index >= 15 is 0 Å². The fourth-order valence-corrected chi connectivity index (χ4v) is 3.49. The van der Waals surface area contributed by atoms with E-state index in [4.69, 9.17) is 20.8 Å². The molecule has 0 atom stereocenters. The number of aromatic nitrogens is 1. The Kier molecular flexibility index (Phi) is 5.70. The van der Waals surface area contributed by atoms with Gasteiger partial charge in [-0.15, -0.1) is 0 Å². The molecule has 4 rings (SSSR count).